The van der Waals surface area contributed by atoms with Crippen LogP contribution in [-0.2, 0) is 18.0 Å². The molecule has 0 fully saturated rings. The molecule has 0 radical (unpaired) electrons. The Morgan fingerprint density at radius 3 is 1.93 bits per heavy atom. The lowest BCUT2D eigenvalue weighted by Gasteiger charge is -2.25. The van der Waals surface area contributed by atoms with Gasteiger partial charge < -0.3 is 18.0 Å². The molecular weight excluding hydrogens is 214 g/mol. The van der Waals surface area contributed by atoms with Gasteiger partial charge in [0, 0.05) is 34.5 Å². The Bertz CT molecular complexity index is 147. The first kappa shape index (κ1) is 15.0. The van der Waals surface area contributed by atoms with E-state index in [0.29, 0.717) is 6.73 Å². The van der Waals surface area contributed by atoms with E-state index in [9.17, 15) is 0 Å². The molecule has 0 spiro atoms. The van der Waals surface area contributed by atoms with Crippen molar-refractivity contribution in [3.63, 3.8) is 0 Å². The summed E-state index contributed by atoms with van der Waals surface area (Å²) in [6.45, 7) is 1.58. The molecule has 0 heterocycles. The zero-order valence-electron chi connectivity index (χ0n) is 10.4. The summed E-state index contributed by atoms with van der Waals surface area (Å²) in [6.07, 6.45) is 0.974. The van der Waals surface area contributed by atoms with Crippen molar-refractivity contribution in [3.05, 3.63) is 0 Å². The van der Waals surface area contributed by atoms with Crippen LogP contribution in [0.5, 0.6) is 0 Å². The minimum Gasteiger partial charge on any atom is -0.377 e. The van der Waals surface area contributed by atoms with E-state index in [1.165, 1.54) is 0 Å². The average Bonchev–Trinajstić information content (AvgIpc) is 2.25. The van der Waals surface area contributed by atoms with Gasteiger partial charge in [0.25, 0.3) is 0 Å². The van der Waals surface area contributed by atoms with Crippen molar-refractivity contribution in [2.24, 2.45) is 0 Å². The van der Waals surface area contributed by atoms with Crippen LogP contribution >= 0.6 is 0 Å². The van der Waals surface area contributed by atoms with Crippen LogP contribution in [0.4, 0.5) is 0 Å². The molecule has 92 valence electrons. The Hall–Kier alpha value is 0.0169. The second-order valence-corrected chi connectivity index (χ2v) is 6.49. The molecule has 6 heteroatoms. The zero-order valence-corrected chi connectivity index (χ0v) is 11.4. The summed E-state index contributed by atoms with van der Waals surface area (Å²) in [5.74, 6) is 0. The molecule has 0 saturated heterocycles. The maximum absolute atomic E-state index is 5.32. The first-order valence-corrected chi connectivity index (χ1v) is 6.90. The molecule has 0 rings (SSSR count). The van der Waals surface area contributed by atoms with Crippen molar-refractivity contribution in [2.45, 2.75) is 12.5 Å². The maximum Gasteiger partial charge on any atom is 0.500 e. The summed E-state index contributed by atoms with van der Waals surface area (Å²) < 4.78 is 21.0. The summed E-state index contributed by atoms with van der Waals surface area (Å²) >= 11 is 0. The van der Waals surface area contributed by atoms with Gasteiger partial charge in [0.2, 0.25) is 0 Å². The van der Waals surface area contributed by atoms with Crippen molar-refractivity contribution >= 4 is 8.80 Å². The predicted octanol–water partition coefficient (Wildman–Crippen LogP) is 0.790. The smallest absolute Gasteiger partial charge is 0.377 e. The van der Waals surface area contributed by atoms with Crippen molar-refractivity contribution in [1.82, 2.24) is 4.90 Å². The average molecular weight is 237 g/mol. The van der Waals surface area contributed by atoms with Crippen molar-refractivity contribution in [3.8, 4) is 0 Å². The minimum atomic E-state index is -2.37. The van der Waals surface area contributed by atoms with Gasteiger partial charge in [-0.2, -0.15) is 0 Å². The second kappa shape index (κ2) is 8.20. The highest BCUT2D eigenvalue weighted by atomic mass is 28.4. The summed E-state index contributed by atoms with van der Waals surface area (Å²) in [7, 11) is 6.24. The highest BCUT2D eigenvalue weighted by Gasteiger charge is 2.36. The van der Waals surface area contributed by atoms with Gasteiger partial charge in [0.1, 0.15) is 0 Å². The Morgan fingerprint density at radius 1 is 1.00 bits per heavy atom. The quantitative estimate of drug-likeness (QED) is 0.438. The summed E-state index contributed by atoms with van der Waals surface area (Å²) in [4.78, 5) is 2.10. The Labute approximate surface area is 93.6 Å². The first-order valence-electron chi connectivity index (χ1n) is 4.97. The third-order valence-corrected chi connectivity index (χ3v) is 5.14. The van der Waals surface area contributed by atoms with E-state index in [1.807, 2.05) is 7.05 Å². The number of nitrogens with zero attached hydrogens (tertiary/aromatic N) is 1. The Kier molecular flexibility index (Phi) is 8.21. The van der Waals surface area contributed by atoms with Crippen LogP contribution in [0.3, 0.4) is 0 Å². The molecule has 5 nitrogen and oxygen atoms in total. The third-order valence-electron chi connectivity index (χ3n) is 2.31. The van der Waals surface area contributed by atoms with Gasteiger partial charge in [0.15, 0.2) is 0 Å². The van der Waals surface area contributed by atoms with Crippen molar-refractivity contribution in [1.29, 1.82) is 0 Å². The summed E-state index contributed by atoms with van der Waals surface area (Å²) in [5.41, 5.74) is 0. The normalized spacial score (nSPS) is 12.4. The highest BCUT2D eigenvalue weighted by molar-refractivity contribution is 6.60. The molecule has 0 aromatic rings. The van der Waals surface area contributed by atoms with Gasteiger partial charge in [-0.05, 0) is 20.0 Å². The number of hydrogen-bond acceptors (Lipinski definition) is 5. The van der Waals surface area contributed by atoms with Crippen LogP contribution in [0.25, 0.3) is 0 Å². The van der Waals surface area contributed by atoms with Crippen molar-refractivity contribution in [2.75, 3.05) is 48.8 Å². The minimum absolute atomic E-state index is 0.640. The van der Waals surface area contributed by atoms with Crippen LogP contribution < -0.4 is 0 Å². The van der Waals surface area contributed by atoms with Crippen LogP contribution in [0, 0.1) is 0 Å². The molecule has 0 bridgehead atoms. The molecular formula is C9H23NO4Si. The maximum atomic E-state index is 5.32. The Morgan fingerprint density at radius 2 is 1.53 bits per heavy atom. The number of hydrogen-bond donors (Lipinski definition) is 0. The lowest BCUT2D eigenvalue weighted by Crippen LogP contribution is -2.43. The SMILES string of the molecule is COCN(C)CCC[Si](OC)(OC)OC. The topological polar surface area (TPSA) is 40.2 Å². The standard InChI is InChI=1S/C9H23NO4Si/c1-10(9-11-2)7-6-8-15(12-3,13-4)14-5/h6-9H2,1-5H3. The highest BCUT2D eigenvalue weighted by Crippen LogP contribution is 2.14. The second-order valence-electron chi connectivity index (χ2n) is 3.40. The van der Waals surface area contributed by atoms with Crippen LogP contribution in [0.1, 0.15) is 6.42 Å². The van der Waals surface area contributed by atoms with E-state index >= 15 is 0 Å². The fourth-order valence-corrected chi connectivity index (χ4v) is 3.11. The number of methoxy groups -OCH3 is 1. The van der Waals surface area contributed by atoms with Crippen molar-refractivity contribution < 1.29 is 18.0 Å². The molecule has 0 aromatic carbocycles. The van der Waals surface area contributed by atoms with Crippen LogP contribution in [0.2, 0.25) is 6.04 Å². The first-order chi connectivity index (χ1) is 7.14. The molecule has 0 aliphatic heterocycles. The fraction of sp³-hybridized carbons (Fsp3) is 1.00. The number of ether oxygens (including phenoxy) is 1. The van der Waals surface area contributed by atoms with E-state index in [-0.39, 0.29) is 0 Å². The monoisotopic (exact) mass is 237 g/mol. The molecule has 0 saturated carbocycles. The van der Waals surface area contributed by atoms with E-state index in [0.717, 1.165) is 19.0 Å². The predicted molar refractivity (Wildman–Crippen MR) is 60.7 cm³/mol. The third kappa shape index (κ3) is 5.60. The zero-order chi connectivity index (χ0) is 11.7. The molecule has 0 unspecified atom stereocenters. The molecule has 0 aliphatic rings. The molecule has 15 heavy (non-hydrogen) atoms. The van der Waals surface area contributed by atoms with Gasteiger partial charge in [-0.1, -0.05) is 0 Å². The van der Waals surface area contributed by atoms with Crippen LogP contribution in [-0.4, -0.2) is 62.5 Å². The summed E-state index contributed by atoms with van der Waals surface area (Å²) in [6, 6.07) is 0.824. The van der Waals surface area contributed by atoms with E-state index < -0.39 is 8.80 Å². The lowest BCUT2D eigenvalue weighted by molar-refractivity contribution is 0.0790. The number of rotatable bonds is 9. The van der Waals surface area contributed by atoms with Crippen LogP contribution in [0.15, 0.2) is 0 Å². The molecule has 0 aliphatic carbocycles. The van der Waals surface area contributed by atoms with Gasteiger partial charge in [-0.3, -0.25) is 4.90 Å². The lowest BCUT2D eigenvalue weighted by atomic mass is 10.4. The van der Waals surface area contributed by atoms with Gasteiger partial charge in [0.05, 0.1) is 6.73 Å². The van der Waals surface area contributed by atoms with E-state index in [4.69, 9.17) is 18.0 Å². The van der Waals surface area contributed by atoms with E-state index in [1.54, 1.807) is 28.4 Å². The Balaban J connectivity index is 3.80. The van der Waals surface area contributed by atoms with Gasteiger partial charge >= 0.3 is 8.80 Å². The molecule has 0 aromatic heterocycles. The van der Waals surface area contributed by atoms with E-state index in [2.05, 4.69) is 4.90 Å². The summed E-state index contributed by atoms with van der Waals surface area (Å²) in [5, 5.41) is 0. The fourth-order valence-electron chi connectivity index (χ4n) is 1.41. The van der Waals surface area contributed by atoms with Gasteiger partial charge in [-0.25, -0.2) is 0 Å². The molecule has 0 atom stereocenters. The molecule has 0 N–H and O–H groups in total. The largest absolute Gasteiger partial charge is 0.500 e. The molecule has 0 amide bonds. The van der Waals surface area contributed by atoms with Gasteiger partial charge in [-0.15, -0.1) is 0 Å².